The molecule has 182 valence electrons. The van der Waals surface area contributed by atoms with Gasteiger partial charge in [-0.05, 0) is 12.1 Å². The highest BCUT2D eigenvalue weighted by molar-refractivity contribution is 5.85. The van der Waals surface area contributed by atoms with Crippen LogP contribution >= 0.6 is 0 Å². The molecule has 0 bridgehead atoms. The van der Waals surface area contributed by atoms with E-state index in [1.165, 1.54) is 0 Å². The number of benzene rings is 1. The van der Waals surface area contributed by atoms with Gasteiger partial charge < -0.3 is 19.4 Å². The van der Waals surface area contributed by atoms with Crippen molar-refractivity contribution in [2.45, 2.75) is 13.3 Å². The molecule has 3 heterocycles. The lowest BCUT2D eigenvalue weighted by atomic mass is 10.1. The van der Waals surface area contributed by atoms with Crippen LogP contribution in [0.3, 0.4) is 0 Å². The summed E-state index contributed by atoms with van der Waals surface area (Å²) in [6.07, 6.45) is 0.405. The Kier molecular flexibility index (Phi) is 8.43. The molecule has 0 radical (unpaired) electrons. The minimum atomic E-state index is 0.00828. The standard InChI is InChI=1S/C25H34N6O3/c1-2-24(32)31(11-10-28-16-18-34-19-17-28)20-25(33)30-14-12-29(13-15-30)23-9-8-22(26-27-23)21-6-4-3-5-7-21/h3-9H,2,10-20H2,1H3. The van der Waals surface area contributed by atoms with Crippen LogP contribution in [0.5, 0.6) is 0 Å². The van der Waals surface area contributed by atoms with Crippen molar-refractivity contribution >= 4 is 17.6 Å². The van der Waals surface area contributed by atoms with E-state index in [0.717, 1.165) is 49.9 Å². The number of carbonyl (C=O) groups is 2. The quantitative estimate of drug-likeness (QED) is 0.581. The second-order valence-corrected chi connectivity index (χ2v) is 8.63. The van der Waals surface area contributed by atoms with Gasteiger partial charge in [-0.15, -0.1) is 10.2 Å². The smallest absolute Gasteiger partial charge is 0.242 e. The number of ether oxygens (including phenoxy) is 1. The number of nitrogens with zero attached hydrogens (tertiary/aromatic N) is 6. The number of anilines is 1. The van der Waals surface area contributed by atoms with Gasteiger partial charge in [0.05, 0.1) is 25.5 Å². The minimum absolute atomic E-state index is 0.00828. The molecule has 2 aliphatic heterocycles. The van der Waals surface area contributed by atoms with Crippen molar-refractivity contribution in [2.75, 3.05) is 77.0 Å². The van der Waals surface area contributed by atoms with Crippen LogP contribution < -0.4 is 4.90 Å². The monoisotopic (exact) mass is 466 g/mol. The molecule has 0 unspecified atom stereocenters. The Bertz CT molecular complexity index is 925. The van der Waals surface area contributed by atoms with Gasteiger partial charge in [-0.1, -0.05) is 37.3 Å². The summed E-state index contributed by atoms with van der Waals surface area (Å²) >= 11 is 0. The van der Waals surface area contributed by atoms with Gasteiger partial charge in [0.25, 0.3) is 0 Å². The maximum absolute atomic E-state index is 13.0. The number of piperazine rings is 1. The summed E-state index contributed by atoms with van der Waals surface area (Å²) in [4.78, 5) is 33.4. The van der Waals surface area contributed by atoms with Crippen LogP contribution in [0.1, 0.15) is 13.3 Å². The fraction of sp³-hybridized carbons (Fsp3) is 0.520. The third kappa shape index (κ3) is 6.30. The molecule has 9 heteroatoms. The van der Waals surface area contributed by atoms with E-state index in [1.54, 1.807) is 4.90 Å². The zero-order chi connectivity index (χ0) is 23.8. The average Bonchev–Trinajstić information content (AvgIpc) is 2.91. The minimum Gasteiger partial charge on any atom is -0.379 e. The molecular weight excluding hydrogens is 432 g/mol. The van der Waals surface area contributed by atoms with Crippen LogP contribution in [0.2, 0.25) is 0 Å². The number of aromatic nitrogens is 2. The van der Waals surface area contributed by atoms with Crippen molar-refractivity contribution in [2.24, 2.45) is 0 Å². The second kappa shape index (κ2) is 11.9. The van der Waals surface area contributed by atoms with Crippen molar-refractivity contribution < 1.29 is 14.3 Å². The van der Waals surface area contributed by atoms with Gasteiger partial charge in [0.15, 0.2) is 5.82 Å². The summed E-state index contributed by atoms with van der Waals surface area (Å²) in [6, 6.07) is 14.0. The SMILES string of the molecule is CCC(=O)N(CCN1CCOCC1)CC(=O)N1CCN(c2ccc(-c3ccccc3)nn2)CC1. The lowest BCUT2D eigenvalue weighted by Gasteiger charge is -2.36. The molecule has 34 heavy (non-hydrogen) atoms. The van der Waals surface area contributed by atoms with E-state index < -0.39 is 0 Å². The van der Waals surface area contributed by atoms with Gasteiger partial charge in [0, 0.05) is 64.3 Å². The van der Waals surface area contributed by atoms with Crippen molar-refractivity contribution in [3.8, 4) is 11.3 Å². The van der Waals surface area contributed by atoms with Crippen LogP contribution in [-0.2, 0) is 14.3 Å². The molecule has 0 spiro atoms. The number of rotatable bonds is 8. The molecular formula is C25H34N6O3. The third-order valence-electron chi connectivity index (χ3n) is 6.45. The van der Waals surface area contributed by atoms with Crippen molar-refractivity contribution in [1.29, 1.82) is 0 Å². The van der Waals surface area contributed by atoms with Crippen LogP contribution in [0.25, 0.3) is 11.3 Å². The molecule has 2 aromatic rings. The van der Waals surface area contributed by atoms with Crippen LogP contribution in [0.4, 0.5) is 5.82 Å². The summed E-state index contributed by atoms with van der Waals surface area (Å²) in [7, 11) is 0. The summed E-state index contributed by atoms with van der Waals surface area (Å²) in [5.41, 5.74) is 1.88. The van der Waals surface area contributed by atoms with E-state index in [4.69, 9.17) is 4.74 Å². The van der Waals surface area contributed by atoms with Crippen LogP contribution in [0, 0.1) is 0 Å². The molecule has 0 saturated carbocycles. The normalized spacial score (nSPS) is 17.0. The third-order valence-corrected chi connectivity index (χ3v) is 6.45. The average molecular weight is 467 g/mol. The first kappa shape index (κ1) is 24.1. The molecule has 2 aliphatic rings. The molecule has 0 atom stereocenters. The van der Waals surface area contributed by atoms with Gasteiger partial charge in [0.2, 0.25) is 11.8 Å². The van der Waals surface area contributed by atoms with E-state index in [2.05, 4.69) is 20.0 Å². The van der Waals surface area contributed by atoms with Gasteiger partial charge in [-0.2, -0.15) is 0 Å². The fourth-order valence-corrected chi connectivity index (χ4v) is 4.31. The predicted octanol–water partition coefficient (Wildman–Crippen LogP) is 1.36. The Morgan fingerprint density at radius 1 is 0.941 bits per heavy atom. The lowest BCUT2D eigenvalue weighted by molar-refractivity contribution is -0.140. The molecule has 2 amide bonds. The summed E-state index contributed by atoms with van der Waals surface area (Å²) in [5.74, 6) is 0.850. The molecule has 9 nitrogen and oxygen atoms in total. The number of carbonyl (C=O) groups excluding carboxylic acids is 2. The zero-order valence-corrected chi connectivity index (χ0v) is 19.9. The first-order valence-corrected chi connectivity index (χ1v) is 12.1. The molecule has 4 rings (SSSR count). The van der Waals surface area contributed by atoms with Gasteiger partial charge in [0.1, 0.15) is 0 Å². The first-order valence-electron chi connectivity index (χ1n) is 12.1. The van der Waals surface area contributed by atoms with Gasteiger partial charge in [-0.3, -0.25) is 14.5 Å². The Morgan fingerprint density at radius 2 is 1.68 bits per heavy atom. The van der Waals surface area contributed by atoms with Crippen LogP contribution in [0.15, 0.2) is 42.5 Å². The highest BCUT2D eigenvalue weighted by Crippen LogP contribution is 2.19. The molecule has 0 N–H and O–H groups in total. The summed E-state index contributed by atoms with van der Waals surface area (Å²) in [6.45, 7) is 9.14. The maximum Gasteiger partial charge on any atom is 0.242 e. The largest absolute Gasteiger partial charge is 0.379 e. The van der Waals surface area contributed by atoms with E-state index in [9.17, 15) is 9.59 Å². The molecule has 1 aromatic carbocycles. The number of amides is 2. The highest BCUT2D eigenvalue weighted by atomic mass is 16.5. The Morgan fingerprint density at radius 3 is 2.32 bits per heavy atom. The van der Waals surface area contributed by atoms with E-state index in [1.807, 2.05) is 54.3 Å². The molecule has 1 aromatic heterocycles. The first-order chi connectivity index (χ1) is 16.6. The Hall–Kier alpha value is -3.04. The highest BCUT2D eigenvalue weighted by Gasteiger charge is 2.25. The molecule has 2 saturated heterocycles. The Labute approximate surface area is 201 Å². The van der Waals surface area contributed by atoms with Crippen LogP contribution in [-0.4, -0.2) is 109 Å². The van der Waals surface area contributed by atoms with Crippen molar-refractivity contribution in [3.63, 3.8) is 0 Å². The lowest BCUT2D eigenvalue weighted by Crippen LogP contribution is -2.52. The molecule has 2 fully saturated rings. The second-order valence-electron chi connectivity index (χ2n) is 8.63. The topological polar surface area (TPSA) is 82.1 Å². The molecule has 0 aliphatic carbocycles. The zero-order valence-electron chi connectivity index (χ0n) is 19.9. The van der Waals surface area contributed by atoms with E-state index >= 15 is 0 Å². The number of hydrogen-bond acceptors (Lipinski definition) is 7. The fourth-order valence-electron chi connectivity index (χ4n) is 4.31. The van der Waals surface area contributed by atoms with E-state index in [0.29, 0.717) is 39.1 Å². The van der Waals surface area contributed by atoms with Gasteiger partial charge >= 0.3 is 0 Å². The summed E-state index contributed by atoms with van der Waals surface area (Å²) in [5, 5.41) is 8.78. The number of morpholine rings is 1. The predicted molar refractivity (Wildman–Crippen MR) is 130 cm³/mol. The van der Waals surface area contributed by atoms with Crippen molar-refractivity contribution in [3.05, 3.63) is 42.5 Å². The Balaban J connectivity index is 1.27. The summed E-state index contributed by atoms with van der Waals surface area (Å²) < 4.78 is 5.39. The number of hydrogen-bond donors (Lipinski definition) is 0. The van der Waals surface area contributed by atoms with Crippen molar-refractivity contribution in [1.82, 2.24) is 24.9 Å². The maximum atomic E-state index is 13.0. The van der Waals surface area contributed by atoms with E-state index in [-0.39, 0.29) is 18.4 Å². The van der Waals surface area contributed by atoms with Gasteiger partial charge in [-0.25, -0.2) is 0 Å².